The van der Waals surface area contributed by atoms with Crippen molar-refractivity contribution in [3.8, 4) is 5.88 Å². The molecule has 0 saturated heterocycles. The molecule has 0 bridgehead atoms. The average molecular weight is 341 g/mol. The van der Waals surface area contributed by atoms with E-state index in [1.807, 2.05) is 6.92 Å². The number of aromatic nitrogens is 2. The summed E-state index contributed by atoms with van der Waals surface area (Å²) >= 11 is 3.35. The van der Waals surface area contributed by atoms with Gasteiger partial charge in [0, 0.05) is 4.47 Å². The smallest absolute Gasteiger partial charge is 0.327 e. The van der Waals surface area contributed by atoms with E-state index in [0.29, 0.717) is 23.3 Å². The molecule has 1 heterocycles. The fourth-order valence-corrected chi connectivity index (χ4v) is 2.13. The summed E-state index contributed by atoms with van der Waals surface area (Å²) in [7, 11) is 1.26. The summed E-state index contributed by atoms with van der Waals surface area (Å²) in [5, 5.41) is 5.12. The summed E-state index contributed by atoms with van der Waals surface area (Å²) in [5.74, 6) is -0.231. The number of benzene rings is 1. The van der Waals surface area contributed by atoms with E-state index in [2.05, 4.69) is 25.8 Å². The topological polar surface area (TPSA) is 70.4 Å². The highest BCUT2D eigenvalue weighted by Crippen LogP contribution is 2.24. The van der Waals surface area contributed by atoms with Gasteiger partial charge in [-0.05, 0) is 25.1 Å². The van der Waals surface area contributed by atoms with E-state index in [9.17, 15) is 9.59 Å². The number of fused-ring (bicyclic) bond motifs is 1. The van der Waals surface area contributed by atoms with Crippen LogP contribution in [-0.2, 0) is 16.1 Å². The highest BCUT2D eigenvalue weighted by atomic mass is 79.9. The summed E-state index contributed by atoms with van der Waals surface area (Å²) < 4.78 is 11.9. The molecule has 0 amide bonds. The second kappa shape index (κ2) is 6.04. The average Bonchev–Trinajstić information content (AvgIpc) is 2.43. The van der Waals surface area contributed by atoms with Crippen LogP contribution in [0.1, 0.15) is 6.92 Å². The maximum Gasteiger partial charge on any atom is 0.327 e. The number of ether oxygens (including phenoxy) is 2. The van der Waals surface area contributed by atoms with Crippen molar-refractivity contribution in [1.29, 1.82) is 0 Å². The van der Waals surface area contributed by atoms with Gasteiger partial charge in [-0.25, -0.2) is 4.68 Å². The molecule has 6 nitrogen and oxygen atoms in total. The van der Waals surface area contributed by atoms with Gasteiger partial charge in [0.15, 0.2) is 0 Å². The van der Waals surface area contributed by atoms with Crippen LogP contribution >= 0.6 is 15.9 Å². The lowest BCUT2D eigenvalue weighted by Crippen LogP contribution is -2.28. The van der Waals surface area contributed by atoms with Crippen molar-refractivity contribution in [2.24, 2.45) is 0 Å². The Bertz CT molecular complexity index is 711. The number of esters is 1. The van der Waals surface area contributed by atoms with Gasteiger partial charge >= 0.3 is 5.97 Å². The molecule has 2 rings (SSSR count). The zero-order valence-corrected chi connectivity index (χ0v) is 12.6. The third-order valence-corrected chi connectivity index (χ3v) is 3.17. The number of hydrogen-bond acceptors (Lipinski definition) is 5. The number of rotatable bonds is 4. The zero-order chi connectivity index (χ0) is 14.7. The van der Waals surface area contributed by atoms with Crippen LogP contribution in [0.3, 0.4) is 0 Å². The van der Waals surface area contributed by atoms with Gasteiger partial charge < -0.3 is 9.47 Å². The van der Waals surface area contributed by atoms with Crippen molar-refractivity contribution in [2.75, 3.05) is 13.7 Å². The summed E-state index contributed by atoms with van der Waals surface area (Å²) in [6, 6.07) is 5.18. The van der Waals surface area contributed by atoms with Crippen LogP contribution < -0.4 is 10.3 Å². The van der Waals surface area contributed by atoms with Crippen LogP contribution in [0.25, 0.3) is 10.8 Å². The van der Waals surface area contributed by atoms with Crippen molar-refractivity contribution in [1.82, 2.24) is 9.78 Å². The predicted molar refractivity (Wildman–Crippen MR) is 76.9 cm³/mol. The maximum absolute atomic E-state index is 12.3. The molecular formula is C13H13BrN2O4. The quantitative estimate of drug-likeness (QED) is 0.792. The van der Waals surface area contributed by atoms with Crippen LogP contribution in [0.15, 0.2) is 27.5 Å². The van der Waals surface area contributed by atoms with Gasteiger partial charge in [-0.3, -0.25) is 9.59 Å². The van der Waals surface area contributed by atoms with Gasteiger partial charge in [-0.15, -0.1) is 5.10 Å². The Labute approximate surface area is 123 Å². The lowest BCUT2D eigenvalue weighted by Gasteiger charge is -2.10. The second-order valence-corrected chi connectivity index (χ2v) is 4.88. The lowest BCUT2D eigenvalue weighted by atomic mass is 10.2. The largest absolute Gasteiger partial charge is 0.477 e. The van der Waals surface area contributed by atoms with Gasteiger partial charge in [-0.2, -0.15) is 0 Å². The standard InChI is InChI=1S/C13H13BrN2O4/c1-3-20-12-10-6-8(14)4-5-9(10)13(18)16(15-12)7-11(17)19-2/h4-6H,3,7H2,1-2H3. The van der Waals surface area contributed by atoms with E-state index in [0.717, 1.165) is 9.15 Å². The second-order valence-electron chi connectivity index (χ2n) is 3.97. The number of carbonyl (C=O) groups is 1. The molecule has 0 aliphatic rings. The lowest BCUT2D eigenvalue weighted by molar-refractivity contribution is -0.141. The number of halogens is 1. The van der Waals surface area contributed by atoms with E-state index in [1.54, 1.807) is 18.2 Å². The Kier molecular flexibility index (Phi) is 4.39. The molecule has 0 atom stereocenters. The first kappa shape index (κ1) is 14.5. The normalized spacial score (nSPS) is 10.6. The van der Waals surface area contributed by atoms with Crippen molar-refractivity contribution >= 4 is 32.7 Å². The molecule has 0 unspecified atom stereocenters. The van der Waals surface area contributed by atoms with Gasteiger partial charge in [0.1, 0.15) is 6.54 Å². The molecular weight excluding hydrogens is 328 g/mol. The van der Waals surface area contributed by atoms with Crippen LogP contribution in [0.5, 0.6) is 5.88 Å². The van der Waals surface area contributed by atoms with Crippen molar-refractivity contribution in [2.45, 2.75) is 13.5 Å². The number of hydrogen-bond donors (Lipinski definition) is 0. The van der Waals surface area contributed by atoms with E-state index in [1.165, 1.54) is 7.11 Å². The van der Waals surface area contributed by atoms with Gasteiger partial charge in [0.05, 0.1) is 24.5 Å². The first-order valence-corrected chi connectivity index (χ1v) is 6.76. The Hall–Kier alpha value is -1.89. The molecule has 0 N–H and O–H groups in total. The Morgan fingerprint density at radius 3 is 2.80 bits per heavy atom. The first-order valence-electron chi connectivity index (χ1n) is 5.96. The summed E-state index contributed by atoms with van der Waals surface area (Å²) in [6.45, 7) is 1.98. The molecule has 7 heteroatoms. The van der Waals surface area contributed by atoms with Crippen LogP contribution in [0, 0.1) is 0 Å². The van der Waals surface area contributed by atoms with Crippen LogP contribution in [0.4, 0.5) is 0 Å². The molecule has 0 aliphatic carbocycles. The third kappa shape index (κ3) is 2.82. The van der Waals surface area contributed by atoms with Crippen molar-refractivity contribution in [3.05, 3.63) is 33.0 Å². The minimum absolute atomic E-state index is 0.249. The molecule has 0 fully saturated rings. The molecule has 1 aromatic heterocycles. The van der Waals surface area contributed by atoms with E-state index in [4.69, 9.17) is 4.74 Å². The van der Waals surface area contributed by atoms with E-state index < -0.39 is 5.97 Å². The Balaban J connectivity index is 2.66. The Morgan fingerprint density at radius 2 is 2.15 bits per heavy atom. The van der Waals surface area contributed by atoms with Crippen LogP contribution in [0.2, 0.25) is 0 Å². The summed E-state index contributed by atoms with van der Waals surface area (Å²) in [4.78, 5) is 23.6. The van der Waals surface area contributed by atoms with Gasteiger partial charge in [0.2, 0.25) is 5.88 Å². The van der Waals surface area contributed by atoms with Crippen LogP contribution in [-0.4, -0.2) is 29.5 Å². The SMILES string of the molecule is CCOc1nn(CC(=O)OC)c(=O)c2ccc(Br)cc12. The number of carbonyl (C=O) groups excluding carboxylic acids is 1. The fourth-order valence-electron chi connectivity index (χ4n) is 1.77. The monoisotopic (exact) mass is 340 g/mol. The molecule has 0 aliphatic heterocycles. The minimum atomic E-state index is -0.543. The molecule has 106 valence electrons. The molecule has 2 aromatic rings. The Morgan fingerprint density at radius 1 is 1.40 bits per heavy atom. The zero-order valence-electron chi connectivity index (χ0n) is 11.1. The predicted octanol–water partition coefficient (Wildman–Crippen LogP) is 1.73. The number of methoxy groups -OCH3 is 1. The maximum atomic E-state index is 12.3. The summed E-state index contributed by atoms with van der Waals surface area (Å²) in [6.07, 6.45) is 0. The molecule has 0 radical (unpaired) electrons. The van der Waals surface area contributed by atoms with Gasteiger partial charge in [-0.1, -0.05) is 15.9 Å². The molecule has 0 saturated carbocycles. The molecule has 1 aromatic carbocycles. The fraction of sp³-hybridized carbons (Fsp3) is 0.308. The van der Waals surface area contributed by atoms with Crippen molar-refractivity contribution < 1.29 is 14.3 Å². The van der Waals surface area contributed by atoms with E-state index in [-0.39, 0.29) is 12.1 Å². The first-order chi connectivity index (χ1) is 9.56. The van der Waals surface area contributed by atoms with Gasteiger partial charge in [0.25, 0.3) is 5.56 Å². The highest BCUT2D eigenvalue weighted by Gasteiger charge is 2.14. The molecule has 20 heavy (non-hydrogen) atoms. The highest BCUT2D eigenvalue weighted by molar-refractivity contribution is 9.10. The summed E-state index contributed by atoms with van der Waals surface area (Å²) in [5.41, 5.74) is -0.360. The van der Waals surface area contributed by atoms with E-state index >= 15 is 0 Å². The van der Waals surface area contributed by atoms with Crippen molar-refractivity contribution in [3.63, 3.8) is 0 Å². The minimum Gasteiger partial charge on any atom is -0.477 e. The third-order valence-electron chi connectivity index (χ3n) is 2.68. The molecule has 0 spiro atoms. The number of nitrogens with zero attached hydrogens (tertiary/aromatic N) is 2.